The van der Waals surface area contributed by atoms with Crippen molar-refractivity contribution in [3.8, 4) is 0 Å². The molecule has 0 bridgehead atoms. The molecule has 122 valence electrons. The first-order valence-corrected chi connectivity index (χ1v) is 9.20. The lowest BCUT2D eigenvalue weighted by molar-refractivity contribution is 0.133. The smallest absolute Gasteiger partial charge is 0.221 e. The van der Waals surface area contributed by atoms with E-state index in [1.165, 1.54) is 57.8 Å². The summed E-state index contributed by atoms with van der Waals surface area (Å²) in [6, 6.07) is 0.0678. The third-order valence-electron chi connectivity index (χ3n) is 5.23. The van der Waals surface area contributed by atoms with Crippen molar-refractivity contribution in [3.05, 3.63) is 11.4 Å². The van der Waals surface area contributed by atoms with E-state index in [4.69, 9.17) is 6.57 Å². The molecule has 2 nitrogen and oxygen atoms in total. The van der Waals surface area contributed by atoms with E-state index >= 15 is 0 Å². The molecule has 0 aromatic rings. The van der Waals surface area contributed by atoms with Crippen molar-refractivity contribution in [1.82, 2.24) is 0 Å². The van der Waals surface area contributed by atoms with Gasteiger partial charge in [0.1, 0.15) is 0 Å². The maximum atomic E-state index is 10.0. The summed E-state index contributed by atoms with van der Waals surface area (Å²) < 4.78 is 0. The fraction of sp³-hybridized carbons (Fsp3) is 0.947. The minimum Gasteiger partial charge on any atom is -0.393 e. The Morgan fingerprint density at radius 2 is 1.62 bits per heavy atom. The zero-order chi connectivity index (χ0) is 15.5. The van der Waals surface area contributed by atoms with Crippen molar-refractivity contribution >= 4 is 0 Å². The summed E-state index contributed by atoms with van der Waals surface area (Å²) in [5, 5.41) is 10.0. The van der Waals surface area contributed by atoms with Crippen molar-refractivity contribution in [3.63, 3.8) is 0 Å². The zero-order valence-electron chi connectivity index (χ0n) is 14.2. The first-order chi connectivity index (χ1) is 10.2. The number of nitrogens with zero attached hydrogens (tertiary/aromatic N) is 1. The minimum atomic E-state index is -0.184. The van der Waals surface area contributed by atoms with Gasteiger partial charge in [-0.2, -0.15) is 0 Å². The predicted molar refractivity (Wildman–Crippen MR) is 90.1 cm³/mol. The van der Waals surface area contributed by atoms with Gasteiger partial charge in [0, 0.05) is 13.3 Å². The molecule has 0 saturated heterocycles. The summed E-state index contributed by atoms with van der Waals surface area (Å²) in [5.74, 6) is 1.83. The van der Waals surface area contributed by atoms with Gasteiger partial charge in [-0.25, -0.2) is 6.57 Å². The highest BCUT2D eigenvalue weighted by molar-refractivity contribution is 4.76. The molecule has 2 atom stereocenters. The van der Waals surface area contributed by atoms with Crippen LogP contribution in [0.4, 0.5) is 0 Å². The molecule has 0 aromatic heterocycles. The average Bonchev–Trinajstić information content (AvgIpc) is 2.52. The zero-order valence-corrected chi connectivity index (χ0v) is 14.2. The number of aliphatic hydroxyl groups is 1. The Balaban J connectivity index is 2.06. The summed E-state index contributed by atoms with van der Waals surface area (Å²) in [6.07, 6.45) is 14.8. The number of unbranched alkanes of at least 4 members (excludes halogenated alkanes) is 2. The van der Waals surface area contributed by atoms with E-state index in [-0.39, 0.29) is 12.1 Å². The largest absolute Gasteiger partial charge is 0.393 e. The first-order valence-electron chi connectivity index (χ1n) is 9.20. The van der Waals surface area contributed by atoms with Gasteiger partial charge in [0.15, 0.2) is 0 Å². The van der Waals surface area contributed by atoms with Crippen molar-refractivity contribution in [2.75, 3.05) is 0 Å². The number of hydrogen-bond acceptors (Lipinski definition) is 1. The molecule has 0 aromatic carbocycles. The highest BCUT2D eigenvalue weighted by atomic mass is 16.3. The number of aliphatic hydroxyl groups excluding tert-OH is 1. The molecule has 0 amide bonds. The Bertz CT molecular complexity index is 288. The van der Waals surface area contributed by atoms with Crippen LogP contribution < -0.4 is 0 Å². The lowest BCUT2D eigenvalue weighted by atomic mass is 9.77. The van der Waals surface area contributed by atoms with Crippen LogP contribution in [0.2, 0.25) is 0 Å². The Morgan fingerprint density at radius 1 is 1.00 bits per heavy atom. The molecule has 21 heavy (non-hydrogen) atoms. The van der Waals surface area contributed by atoms with E-state index in [0.717, 1.165) is 31.1 Å². The van der Waals surface area contributed by atoms with E-state index in [2.05, 4.69) is 11.8 Å². The Kier molecular flexibility index (Phi) is 9.76. The van der Waals surface area contributed by atoms with Crippen LogP contribution in [-0.4, -0.2) is 17.3 Å². The van der Waals surface area contributed by atoms with Crippen LogP contribution in [-0.2, 0) is 0 Å². The van der Waals surface area contributed by atoms with Crippen LogP contribution >= 0.6 is 0 Å². The van der Waals surface area contributed by atoms with Crippen molar-refractivity contribution in [1.29, 1.82) is 0 Å². The van der Waals surface area contributed by atoms with E-state index in [0.29, 0.717) is 0 Å². The van der Waals surface area contributed by atoms with Gasteiger partial charge in [0.2, 0.25) is 6.04 Å². The van der Waals surface area contributed by atoms with Crippen LogP contribution in [0, 0.1) is 18.4 Å². The molecule has 0 spiro atoms. The summed E-state index contributed by atoms with van der Waals surface area (Å²) in [7, 11) is 0. The number of rotatable bonds is 10. The van der Waals surface area contributed by atoms with Gasteiger partial charge >= 0.3 is 0 Å². The fourth-order valence-electron chi connectivity index (χ4n) is 3.56. The molecule has 0 radical (unpaired) electrons. The third kappa shape index (κ3) is 8.47. The van der Waals surface area contributed by atoms with Gasteiger partial charge in [0.25, 0.3) is 0 Å². The molecular weight excluding hydrogens is 258 g/mol. The van der Waals surface area contributed by atoms with Crippen molar-refractivity contribution in [2.45, 2.75) is 103 Å². The van der Waals surface area contributed by atoms with Crippen LogP contribution in [0.15, 0.2) is 0 Å². The third-order valence-corrected chi connectivity index (χ3v) is 5.23. The molecule has 1 aliphatic carbocycles. The monoisotopic (exact) mass is 293 g/mol. The summed E-state index contributed by atoms with van der Waals surface area (Å²) in [5.41, 5.74) is 0. The van der Waals surface area contributed by atoms with Crippen molar-refractivity contribution in [2.24, 2.45) is 11.8 Å². The lowest BCUT2D eigenvalue weighted by Crippen LogP contribution is -2.17. The molecule has 1 saturated carbocycles. The van der Waals surface area contributed by atoms with E-state index in [1.54, 1.807) is 0 Å². The molecule has 1 fully saturated rings. The quantitative estimate of drug-likeness (QED) is 0.411. The van der Waals surface area contributed by atoms with Gasteiger partial charge in [-0.05, 0) is 31.1 Å². The molecular formula is C19H35NO. The maximum absolute atomic E-state index is 10.0. The van der Waals surface area contributed by atoms with E-state index in [1.807, 2.05) is 6.92 Å². The summed E-state index contributed by atoms with van der Waals surface area (Å²) in [4.78, 5) is 3.49. The van der Waals surface area contributed by atoms with Gasteiger partial charge < -0.3 is 9.95 Å². The van der Waals surface area contributed by atoms with E-state index in [9.17, 15) is 5.11 Å². The molecule has 1 rings (SSSR count). The maximum Gasteiger partial charge on any atom is 0.221 e. The van der Waals surface area contributed by atoms with Crippen LogP contribution in [0.3, 0.4) is 0 Å². The topological polar surface area (TPSA) is 24.6 Å². The predicted octanol–water partition coefficient (Wildman–Crippen LogP) is 5.60. The van der Waals surface area contributed by atoms with Crippen LogP contribution in [0.5, 0.6) is 0 Å². The second kappa shape index (κ2) is 11.1. The van der Waals surface area contributed by atoms with Gasteiger partial charge in [0.05, 0.1) is 6.10 Å². The molecule has 0 heterocycles. The Hall–Kier alpha value is -0.550. The van der Waals surface area contributed by atoms with Gasteiger partial charge in [-0.15, -0.1) is 0 Å². The highest BCUT2D eigenvalue weighted by Gasteiger charge is 2.21. The minimum absolute atomic E-state index is 0.0678. The standard InChI is InChI=1S/C19H35NO/c1-4-5-6-7-17-9-11-18(12-10-17)13-15-19(21)14-8-16(2)20-3/h16-19,21H,4-15H2,1-2H3. The Morgan fingerprint density at radius 3 is 2.19 bits per heavy atom. The van der Waals surface area contributed by atoms with E-state index < -0.39 is 0 Å². The van der Waals surface area contributed by atoms with Gasteiger partial charge in [-0.3, -0.25) is 0 Å². The molecule has 1 N–H and O–H groups in total. The second-order valence-corrected chi connectivity index (χ2v) is 7.17. The molecule has 1 aliphatic rings. The van der Waals surface area contributed by atoms with Crippen LogP contribution in [0.25, 0.3) is 4.85 Å². The van der Waals surface area contributed by atoms with Crippen molar-refractivity contribution < 1.29 is 5.11 Å². The normalized spacial score (nSPS) is 25.2. The fourth-order valence-corrected chi connectivity index (χ4v) is 3.56. The number of hydrogen-bond donors (Lipinski definition) is 1. The summed E-state index contributed by atoms with van der Waals surface area (Å²) in [6.45, 7) is 11.2. The molecule has 2 heteroatoms. The molecule has 0 aliphatic heterocycles. The SMILES string of the molecule is [C-]#[N+]C(C)CCC(O)CCC1CCC(CCCCC)CC1. The van der Waals surface area contributed by atoms with Gasteiger partial charge in [-0.1, -0.05) is 58.3 Å². The first kappa shape index (κ1) is 18.5. The summed E-state index contributed by atoms with van der Waals surface area (Å²) >= 11 is 0. The highest BCUT2D eigenvalue weighted by Crippen LogP contribution is 2.34. The van der Waals surface area contributed by atoms with Crippen LogP contribution in [0.1, 0.15) is 90.9 Å². The second-order valence-electron chi connectivity index (χ2n) is 7.17. The Labute approximate surface area is 132 Å². The average molecular weight is 293 g/mol. The molecule has 2 unspecified atom stereocenters. The lowest BCUT2D eigenvalue weighted by Gasteiger charge is -2.29.